The highest BCUT2D eigenvalue weighted by atomic mass is 19.1. The Hall–Kier alpha value is -3.99. The van der Waals surface area contributed by atoms with Crippen LogP contribution in [0.25, 0.3) is 22.2 Å². The van der Waals surface area contributed by atoms with Crippen LogP contribution in [0.1, 0.15) is 76.4 Å². The van der Waals surface area contributed by atoms with Crippen LogP contribution in [0.3, 0.4) is 0 Å². The van der Waals surface area contributed by atoms with E-state index >= 15 is 8.78 Å². The number of piperidine rings is 1. The molecule has 0 aliphatic carbocycles. The predicted octanol–water partition coefficient (Wildman–Crippen LogP) is 6.48. The summed E-state index contributed by atoms with van der Waals surface area (Å²) in [7, 11) is 0. The average Bonchev–Trinajstić information content (AvgIpc) is 3.56. The van der Waals surface area contributed by atoms with Gasteiger partial charge in [-0.25, -0.2) is 28.5 Å². The van der Waals surface area contributed by atoms with E-state index in [-0.39, 0.29) is 29.3 Å². The number of imidazole rings is 1. The summed E-state index contributed by atoms with van der Waals surface area (Å²) in [6.45, 7) is 14.6. The Labute approximate surface area is 262 Å². The standard InChI is InChI=1S/C34H41F2N7O2/c1-20(2)43-21(3)40-32-27(35)10-24(11-29(32)43)26-12-25(37-16-28(26)36)13-31-38-14-22(15-39-31)17-41-9-7-8-23-18-42(19-30(23)41)33(44)45-34(4,5)6/h10-12,14-16,20,23,30H,7-9,13,17-19H2,1-6H3/t23-,30+/m0/s1. The van der Waals surface area contributed by atoms with Gasteiger partial charge in [0.05, 0.1) is 18.1 Å². The van der Waals surface area contributed by atoms with Gasteiger partial charge in [-0.1, -0.05) is 0 Å². The van der Waals surface area contributed by atoms with Crippen molar-refractivity contribution in [2.24, 2.45) is 5.92 Å². The van der Waals surface area contributed by atoms with Crippen molar-refractivity contribution in [3.63, 3.8) is 0 Å². The molecule has 9 nitrogen and oxygen atoms in total. The molecule has 0 saturated carbocycles. The molecule has 2 aliphatic rings. The number of halogens is 2. The molecule has 2 fully saturated rings. The number of hydrogen-bond acceptors (Lipinski definition) is 7. The first-order valence-corrected chi connectivity index (χ1v) is 15.7. The molecule has 4 aromatic rings. The monoisotopic (exact) mass is 617 g/mol. The largest absolute Gasteiger partial charge is 0.444 e. The lowest BCUT2D eigenvalue weighted by Gasteiger charge is -2.36. The minimum atomic E-state index is -0.530. The van der Waals surface area contributed by atoms with Crippen LogP contribution in [0.5, 0.6) is 0 Å². The molecule has 1 aromatic carbocycles. The van der Waals surface area contributed by atoms with E-state index in [1.807, 2.05) is 63.4 Å². The maximum Gasteiger partial charge on any atom is 0.410 e. The summed E-state index contributed by atoms with van der Waals surface area (Å²) in [5.74, 6) is 0.676. The van der Waals surface area contributed by atoms with E-state index in [2.05, 4.69) is 24.8 Å². The minimum Gasteiger partial charge on any atom is -0.444 e. The third kappa shape index (κ3) is 6.54. The molecule has 2 aliphatic heterocycles. The summed E-state index contributed by atoms with van der Waals surface area (Å²) in [4.78, 5) is 34.8. The molecule has 0 unspecified atom stereocenters. The predicted molar refractivity (Wildman–Crippen MR) is 168 cm³/mol. The molecule has 1 amide bonds. The van der Waals surface area contributed by atoms with Gasteiger partial charge in [0.25, 0.3) is 0 Å². The molecule has 45 heavy (non-hydrogen) atoms. The molecule has 2 saturated heterocycles. The number of fused-ring (bicyclic) bond motifs is 2. The first-order chi connectivity index (χ1) is 21.4. The van der Waals surface area contributed by atoms with Gasteiger partial charge in [0.1, 0.15) is 28.6 Å². The fourth-order valence-corrected chi connectivity index (χ4v) is 6.77. The fraction of sp³-hybridized carbons (Fsp3) is 0.500. The van der Waals surface area contributed by atoms with E-state index in [4.69, 9.17) is 4.74 Å². The van der Waals surface area contributed by atoms with Crippen molar-refractivity contribution in [3.8, 4) is 11.1 Å². The molecule has 0 bridgehead atoms. The topological polar surface area (TPSA) is 89.3 Å². The molecule has 0 N–H and O–H groups in total. The summed E-state index contributed by atoms with van der Waals surface area (Å²) in [6.07, 6.45) is 7.07. The number of aromatic nitrogens is 5. The lowest BCUT2D eigenvalue weighted by molar-refractivity contribution is 0.0279. The maximum absolute atomic E-state index is 15.1. The quantitative estimate of drug-likeness (QED) is 0.245. The zero-order chi connectivity index (χ0) is 32.0. The van der Waals surface area contributed by atoms with Gasteiger partial charge < -0.3 is 14.2 Å². The zero-order valence-electron chi connectivity index (χ0n) is 26.8. The number of rotatable bonds is 6. The van der Waals surface area contributed by atoms with Gasteiger partial charge in [-0.2, -0.15) is 0 Å². The second kappa shape index (κ2) is 12.1. The van der Waals surface area contributed by atoms with Crippen LogP contribution < -0.4 is 0 Å². The Bertz CT molecular complexity index is 1710. The van der Waals surface area contributed by atoms with Gasteiger partial charge in [0.15, 0.2) is 5.82 Å². The van der Waals surface area contributed by atoms with Crippen LogP contribution in [0.15, 0.2) is 36.8 Å². The van der Waals surface area contributed by atoms with E-state index in [0.717, 1.165) is 31.5 Å². The fourth-order valence-electron chi connectivity index (χ4n) is 6.77. The lowest BCUT2D eigenvalue weighted by Crippen LogP contribution is -2.45. The summed E-state index contributed by atoms with van der Waals surface area (Å²) in [5, 5.41) is 0. The first-order valence-electron chi connectivity index (χ1n) is 15.7. The van der Waals surface area contributed by atoms with Gasteiger partial charge in [-0.3, -0.25) is 9.88 Å². The van der Waals surface area contributed by atoms with E-state index < -0.39 is 17.2 Å². The molecule has 0 spiro atoms. The second-order valence-corrected chi connectivity index (χ2v) is 13.6. The van der Waals surface area contributed by atoms with Crippen molar-refractivity contribution in [2.45, 2.75) is 85.0 Å². The Morgan fingerprint density at radius 2 is 1.80 bits per heavy atom. The van der Waals surface area contributed by atoms with Crippen molar-refractivity contribution in [2.75, 3.05) is 19.6 Å². The first kappa shape index (κ1) is 31.0. The van der Waals surface area contributed by atoms with Crippen molar-refractivity contribution in [3.05, 3.63) is 71.3 Å². The van der Waals surface area contributed by atoms with Crippen LogP contribution in [-0.2, 0) is 17.7 Å². The third-order valence-corrected chi connectivity index (χ3v) is 8.70. The van der Waals surface area contributed by atoms with Crippen LogP contribution in [0, 0.1) is 24.5 Å². The number of carbonyl (C=O) groups is 1. The highest BCUT2D eigenvalue weighted by Crippen LogP contribution is 2.33. The lowest BCUT2D eigenvalue weighted by atomic mass is 9.92. The molecule has 3 aromatic heterocycles. The number of likely N-dealkylation sites (tertiary alicyclic amines) is 2. The Morgan fingerprint density at radius 1 is 1.04 bits per heavy atom. The van der Waals surface area contributed by atoms with E-state index in [1.165, 1.54) is 12.3 Å². The normalized spacial score (nSPS) is 19.0. The van der Waals surface area contributed by atoms with Gasteiger partial charge in [0, 0.05) is 60.9 Å². The van der Waals surface area contributed by atoms with Gasteiger partial charge in [0.2, 0.25) is 0 Å². The van der Waals surface area contributed by atoms with Crippen LogP contribution in [0.4, 0.5) is 13.6 Å². The van der Waals surface area contributed by atoms with E-state index in [9.17, 15) is 4.79 Å². The highest BCUT2D eigenvalue weighted by Gasteiger charge is 2.41. The van der Waals surface area contributed by atoms with Gasteiger partial charge >= 0.3 is 6.09 Å². The summed E-state index contributed by atoms with van der Waals surface area (Å²) in [6, 6.07) is 5.10. The van der Waals surface area contributed by atoms with Crippen molar-refractivity contribution < 1.29 is 18.3 Å². The molecule has 5 heterocycles. The Balaban J connectivity index is 1.15. The Kier molecular flexibility index (Phi) is 8.32. The molecule has 6 rings (SSSR count). The number of benzene rings is 1. The van der Waals surface area contributed by atoms with Gasteiger partial charge in [-0.05, 0) is 90.6 Å². The van der Waals surface area contributed by atoms with Gasteiger partial charge in [-0.15, -0.1) is 0 Å². The third-order valence-electron chi connectivity index (χ3n) is 8.70. The minimum absolute atomic E-state index is 0.0732. The Morgan fingerprint density at radius 3 is 2.51 bits per heavy atom. The summed E-state index contributed by atoms with van der Waals surface area (Å²) >= 11 is 0. The highest BCUT2D eigenvalue weighted by molar-refractivity contribution is 5.83. The van der Waals surface area contributed by atoms with Crippen molar-refractivity contribution in [1.29, 1.82) is 0 Å². The van der Waals surface area contributed by atoms with Crippen LogP contribution >= 0.6 is 0 Å². The smallest absolute Gasteiger partial charge is 0.410 e. The number of ether oxygens (including phenoxy) is 1. The summed E-state index contributed by atoms with van der Waals surface area (Å²) < 4.78 is 37.7. The molecule has 11 heteroatoms. The average molecular weight is 618 g/mol. The molecular formula is C34H41F2N7O2. The van der Waals surface area contributed by atoms with E-state index in [0.29, 0.717) is 53.9 Å². The molecule has 238 valence electrons. The molecule has 0 radical (unpaired) electrons. The molecule has 2 atom stereocenters. The van der Waals surface area contributed by atoms with Crippen LogP contribution in [0.2, 0.25) is 0 Å². The SMILES string of the molecule is Cc1nc2c(F)cc(-c3cc(Cc4ncc(CN5CCC[C@H]6CN(C(=O)OC(C)(C)C)C[C@H]65)cn4)ncc3F)cc2n1C(C)C. The zero-order valence-corrected chi connectivity index (χ0v) is 26.8. The number of hydrogen-bond donors (Lipinski definition) is 0. The van der Waals surface area contributed by atoms with Crippen molar-refractivity contribution >= 4 is 17.1 Å². The number of nitrogens with zero attached hydrogens (tertiary/aromatic N) is 7. The maximum atomic E-state index is 15.1. The number of aryl methyl sites for hydroxylation is 1. The molecular weight excluding hydrogens is 576 g/mol. The number of pyridine rings is 1. The van der Waals surface area contributed by atoms with Crippen LogP contribution in [-0.4, -0.2) is 71.7 Å². The second-order valence-electron chi connectivity index (χ2n) is 13.6. The number of carbonyl (C=O) groups excluding carboxylic acids is 1. The van der Waals surface area contributed by atoms with Crippen molar-refractivity contribution in [1.82, 2.24) is 34.3 Å². The number of amides is 1. The summed E-state index contributed by atoms with van der Waals surface area (Å²) in [5.41, 5.74) is 2.66. The van der Waals surface area contributed by atoms with E-state index in [1.54, 1.807) is 12.1 Å².